The quantitative estimate of drug-likeness (QED) is 0.453. The Hall–Kier alpha value is -2.02. The highest BCUT2D eigenvalue weighted by atomic mass is 79.9. The maximum absolute atomic E-state index is 13.4. The molecular formula is C14H18BrFN6O3S. The molecule has 0 amide bonds. The van der Waals surface area contributed by atoms with Crippen molar-refractivity contribution in [3.63, 3.8) is 0 Å². The van der Waals surface area contributed by atoms with Crippen molar-refractivity contribution in [2.24, 2.45) is 5.14 Å². The van der Waals surface area contributed by atoms with Gasteiger partial charge in [0.15, 0.2) is 5.69 Å². The molecule has 0 fully saturated rings. The number of halogens is 2. The van der Waals surface area contributed by atoms with E-state index in [1.807, 2.05) is 13.8 Å². The van der Waals surface area contributed by atoms with Crippen LogP contribution in [0.3, 0.4) is 0 Å². The van der Waals surface area contributed by atoms with Gasteiger partial charge in [-0.3, -0.25) is 0 Å². The van der Waals surface area contributed by atoms with Crippen LogP contribution < -0.4 is 20.5 Å². The second-order valence-corrected chi connectivity index (χ2v) is 7.69. The molecule has 0 aliphatic carbocycles. The number of allylic oxidation sites excluding steroid dienone is 1. The molecule has 0 spiro atoms. The normalized spacial score (nSPS) is 11.3. The number of hydrogen-bond acceptors (Lipinski definition) is 7. The molecule has 0 saturated carbocycles. The van der Waals surface area contributed by atoms with Gasteiger partial charge in [0, 0.05) is 18.8 Å². The Morgan fingerprint density at radius 3 is 2.65 bits per heavy atom. The summed E-state index contributed by atoms with van der Waals surface area (Å²) in [5.41, 5.74) is 2.54. The Balaban J connectivity index is 2.15. The van der Waals surface area contributed by atoms with Crippen molar-refractivity contribution in [1.29, 1.82) is 0 Å². The molecule has 5 N–H and O–H groups in total. The molecule has 9 nitrogen and oxygen atoms in total. The van der Waals surface area contributed by atoms with E-state index in [0.717, 1.165) is 5.57 Å². The highest BCUT2D eigenvalue weighted by Gasteiger charge is 2.17. The number of nitrogens with one attached hydrogen (secondary N) is 3. The van der Waals surface area contributed by atoms with E-state index < -0.39 is 10.2 Å². The zero-order valence-corrected chi connectivity index (χ0v) is 16.4. The molecule has 0 unspecified atom stereocenters. The van der Waals surface area contributed by atoms with Crippen LogP contribution in [0.4, 0.5) is 15.9 Å². The number of nitrogens with two attached hydrogens (primary N) is 1. The molecule has 2 aromatic rings. The summed E-state index contributed by atoms with van der Waals surface area (Å²) in [5, 5.41) is 18.6. The van der Waals surface area contributed by atoms with Gasteiger partial charge in [-0.1, -0.05) is 5.57 Å². The van der Waals surface area contributed by atoms with Crippen LogP contribution in [0.5, 0.6) is 0 Å². The molecular weight excluding hydrogens is 431 g/mol. The van der Waals surface area contributed by atoms with Crippen molar-refractivity contribution in [2.75, 3.05) is 23.7 Å². The van der Waals surface area contributed by atoms with Crippen molar-refractivity contribution in [1.82, 2.24) is 15.0 Å². The molecule has 0 bridgehead atoms. The summed E-state index contributed by atoms with van der Waals surface area (Å²) >= 11 is 3.14. The molecule has 0 radical (unpaired) electrons. The van der Waals surface area contributed by atoms with Crippen molar-refractivity contribution in [3.8, 4) is 0 Å². The standard InChI is InChI=1S/C14H18BrFN6O3S/c1-8(2)12(20-9-3-4-11(16)10(15)7-9)13-14(22-25-21-13)18-5-6-19-26(17,23)24/h3-4,7,19-20H,5-6H2,1-2H3,(H,18,22)(H2,17,23,24). The lowest BCUT2D eigenvalue weighted by Gasteiger charge is -2.13. The van der Waals surface area contributed by atoms with Crippen LogP contribution in [-0.4, -0.2) is 31.8 Å². The second-order valence-electron chi connectivity index (χ2n) is 5.46. The zero-order valence-electron chi connectivity index (χ0n) is 14.0. The molecule has 1 aromatic heterocycles. The fraction of sp³-hybridized carbons (Fsp3) is 0.286. The molecule has 1 heterocycles. The summed E-state index contributed by atoms with van der Waals surface area (Å²) in [6.45, 7) is 4.01. The van der Waals surface area contributed by atoms with Crippen molar-refractivity contribution < 1.29 is 17.4 Å². The lowest BCUT2D eigenvalue weighted by Crippen LogP contribution is -2.34. The zero-order chi connectivity index (χ0) is 19.3. The first-order valence-electron chi connectivity index (χ1n) is 7.41. The molecule has 26 heavy (non-hydrogen) atoms. The Kier molecular flexibility index (Phi) is 6.69. The predicted molar refractivity (Wildman–Crippen MR) is 99.9 cm³/mol. The Bertz CT molecular complexity index is 911. The minimum atomic E-state index is -3.76. The van der Waals surface area contributed by atoms with Gasteiger partial charge in [0.2, 0.25) is 5.82 Å². The smallest absolute Gasteiger partial charge is 0.274 e. The molecule has 142 valence electrons. The Morgan fingerprint density at radius 2 is 2.04 bits per heavy atom. The van der Waals surface area contributed by atoms with Gasteiger partial charge in [0.05, 0.1) is 10.2 Å². The van der Waals surface area contributed by atoms with Gasteiger partial charge in [-0.15, -0.1) is 0 Å². The predicted octanol–water partition coefficient (Wildman–Crippen LogP) is 2.04. The van der Waals surface area contributed by atoms with E-state index >= 15 is 0 Å². The summed E-state index contributed by atoms with van der Waals surface area (Å²) in [4.78, 5) is 0. The third-order valence-corrected chi connectivity index (χ3v) is 4.35. The monoisotopic (exact) mass is 448 g/mol. The maximum atomic E-state index is 13.4. The summed E-state index contributed by atoms with van der Waals surface area (Å²) in [7, 11) is -3.76. The maximum Gasteiger partial charge on any atom is 0.274 e. The molecule has 2 rings (SSSR count). The van der Waals surface area contributed by atoms with Crippen LogP contribution in [0.25, 0.3) is 5.70 Å². The number of rotatable bonds is 8. The summed E-state index contributed by atoms with van der Waals surface area (Å²) in [6, 6.07) is 4.50. The van der Waals surface area contributed by atoms with Crippen LogP contribution in [0.1, 0.15) is 19.5 Å². The fourth-order valence-electron chi connectivity index (χ4n) is 1.98. The first-order chi connectivity index (χ1) is 12.2. The van der Waals surface area contributed by atoms with Gasteiger partial charge >= 0.3 is 0 Å². The molecule has 0 saturated heterocycles. The van der Waals surface area contributed by atoms with E-state index in [9.17, 15) is 12.8 Å². The molecule has 1 aromatic carbocycles. The van der Waals surface area contributed by atoms with E-state index in [1.54, 1.807) is 12.1 Å². The van der Waals surface area contributed by atoms with Crippen LogP contribution in [0.2, 0.25) is 0 Å². The topological polar surface area (TPSA) is 135 Å². The molecule has 0 aliphatic rings. The first kappa shape index (κ1) is 20.3. The van der Waals surface area contributed by atoms with Crippen LogP contribution in [0, 0.1) is 5.82 Å². The van der Waals surface area contributed by atoms with Crippen molar-refractivity contribution >= 4 is 43.3 Å². The third-order valence-electron chi connectivity index (χ3n) is 3.13. The number of nitrogens with zero attached hydrogens (tertiary/aromatic N) is 2. The highest BCUT2D eigenvalue weighted by molar-refractivity contribution is 9.10. The van der Waals surface area contributed by atoms with E-state index in [2.05, 4.69) is 41.6 Å². The van der Waals surface area contributed by atoms with Gasteiger partial charge in [0.25, 0.3) is 10.2 Å². The number of aromatic nitrogens is 2. The fourth-order valence-corrected chi connectivity index (χ4v) is 2.75. The lowest BCUT2D eigenvalue weighted by molar-refractivity contribution is 0.307. The van der Waals surface area contributed by atoms with Crippen molar-refractivity contribution in [2.45, 2.75) is 13.8 Å². The third kappa shape index (κ3) is 5.76. The summed E-state index contributed by atoms with van der Waals surface area (Å²) < 4.78 is 42.4. The number of benzene rings is 1. The minimum absolute atomic E-state index is 0.0631. The second kappa shape index (κ2) is 8.58. The van der Waals surface area contributed by atoms with E-state index in [4.69, 9.17) is 9.77 Å². The van der Waals surface area contributed by atoms with Gasteiger partial charge in [-0.25, -0.2) is 18.9 Å². The summed E-state index contributed by atoms with van der Waals surface area (Å²) in [5.74, 6) is -0.0480. The van der Waals surface area contributed by atoms with Gasteiger partial charge in [-0.2, -0.15) is 8.42 Å². The molecule has 12 heteroatoms. The van der Waals surface area contributed by atoms with E-state index in [1.165, 1.54) is 6.07 Å². The molecule has 0 atom stereocenters. The first-order valence-corrected chi connectivity index (χ1v) is 9.75. The Labute approximate surface area is 158 Å². The largest absolute Gasteiger partial charge is 0.364 e. The SMILES string of the molecule is CC(C)=C(Nc1ccc(F)c(Br)c1)c1nonc1NCCNS(N)(=O)=O. The van der Waals surface area contributed by atoms with E-state index in [-0.39, 0.29) is 18.9 Å². The Morgan fingerprint density at radius 1 is 1.31 bits per heavy atom. The van der Waals surface area contributed by atoms with Crippen molar-refractivity contribution in [3.05, 3.63) is 39.8 Å². The van der Waals surface area contributed by atoms with Crippen LogP contribution in [-0.2, 0) is 10.2 Å². The number of hydrogen-bond donors (Lipinski definition) is 4. The minimum Gasteiger partial charge on any atom is -0.364 e. The van der Waals surface area contributed by atoms with Gasteiger partial charge < -0.3 is 10.6 Å². The van der Waals surface area contributed by atoms with Gasteiger partial charge in [-0.05, 0) is 58.3 Å². The molecule has 0 aliphatic heterocycles. The average Bonchev–Trinajstić information content (AvgIpc) is 2.99. The highest BCUT2D eigenvalue weighted by Crippen LogP contribution is 2.27. The van der Waals surface area contributed by atoms with Crippen LogP contribution >= 0.6 is 15.9 Å². The van der Waals surface area contributed by atoms with E-state index in [0.29, 0.717) is 27.4 Å². The summed E-state index contributed by atoms with van der Waals surface area (Å²) in [6.07, 6.45) is 0. The average molecular weight is 449 g/mol. The van der Waals surface area contributed by atoms with Gasteiger partial charge in [0.1, 0.15) is 5.82 Å². The number of anilines is 2. The lowest BCUT2D eigenvalue weighted by atomic mass is 10.2. The van der Waals surface area contributed by atoms with Crippen LogP contribution in [0.15, 0.2) is 32.9 Å².